The molecule has 3 nitrogen and oxygen atoms in total. The van der Waals surface area contributed by atoms with Crippen molar-refractivity contribution in [1.29, 1.82) is 0 Å². The third kappa shape index (κ3) is 7.36. The molecule has 0 fully saturated rings. The van der Waals surface area contributed by atoms with Crippen LogP contribution in [0.25, 0.3) is 0 Å². The van der Waals surface area contributed by atoms with Crippen LogP contribution in [0.2, 0.25) is 0 Å². The van der Waals surface area contributed by atoms with Gasteiger partial charge in [0.05, 0.1) is 0 Å². The maximum absolute atomic E-state index is 5.09. The summed E-state index contributed by atoms with van der Waals surface area (Å²) in [6.07, 6.45) is 1.74. The average molecular weight is 145 g/mol. The Kier molecular flexibility index (Phi) is 3.96. The molecule has 0 aromatic rings. The molecular weight excluding hydrogens is 134 g/mol. The Labute approximate surface area is 60.3 Å². The smallest absolute Gasteiger partial charge is 0.184 e. The molecule has 3 N–H and O–H groups in total. The summed E-state index contributed by atoms with van der Waals surface area (Å²) in [6, 6.07) is 0. The predicted octanol–water partition coefficient (Wildman–Crippen LogP) is 0.461. The Morgan fingerprint density at radius 3 is 2.67 bits per heavy atom. The molecule has 0 aromatic heterocycles. The standard InChI is InChI=1S/C5H11N3S/c1-4(2)3-7-8-5(6)9/h3-4H,1-2H3,(H3,6,8,9). The highest BCUT2D eigenvalue weighted by Crippen LogP contribution is 1.82. The molecule has 52 valence electrons. The minimum absolute atomic E-state index is 0.201. The van der Waals surface area contributed by atoms with Crippen molar-refractivity contribution in [2.75, 3.05) is 0 Å². The van der Waals surface area contributed by atoms with E-state index in [0.29, 0.717) is 5.92 Å². The molecule has 9 heavy (non-hydrogen) atoms. The van der Waals surface area contributed by atoms with E-state index in [1.165, 1.54) is 0 Å². The van der Waals surface area contributed by atoms with Crippen molar-refractivity contribution in [1.82, 2.24) is 5.43 Å². The van der Waals surface area contributed by atoms with Gasteiger partial charge in [-0.05, 0) is 18.1 Å². The summed E-state index contributed by atoms with van der Waals surface area (Å²) in [5.74, 6) is 0.423. The molecule has 0 atom stereocenters. The zero-order valence-electron chi connectivity index (χ0n) is 5.59. The van der Waals surface area contributed by atoms with Gasteiger partial charge < -0.3 is 5.73 Å². The second-order valence-corrected chi connectivity index (χ2v) is 2.44. The second-order valence-electron chi connectivity index (χ2n) is 2.00. The van der Waals surface area contributed by atoms with E-state index >= 15 is 0 Å². The maximum atomic E-state index is 5.09. The Bertz CT molecular complexity index is 119. The molecule has 4 heteroatoms. The monoisotopic (exact) mass is 145 g/mol. The summed E-state index contributed by atoms with van der Waals surface area (Å²) in [4.78, 5) is 0. The highest BCUT2D eigenvalue weighted by Gasteiger charge is 1.83. The van der Waals surface area contributed by atoms with Crippen LogP contribution in [-0.2, 0) is 0 Å². The van der Waals surface area contributed by atoms with Crippen molar-refractivity contribution in [2.45, 2.75) is 13.8 Å². The van der Waals surface area contributed by atoms with Gasteiger partial charge in [-0.1, -0.05) is 13.8 Å². The van der Waals surface area contributed by atoms with Crippen LogP contribution >= 0.6 is 12.2 Å². The van der Waals surface area contributed by atoms with Gasteiger partial charge in [0.1, 0.15) is 0 Å². The first-order chi connectivity index (χ1) is 4.13. The second kappa shape index (κ2) is 4.26. The van der Waals surface area contributed by atoms with Gasteiger partial charge in [-0.2, -0.15) is 5.10 Å². The average Bonchev–Trinajstić information content (AvgIpc) is 1.63. The first kappa shape index (κ1) is 8.36. The number of rotatable bonds is 2. The molecular formula is C5H11N3S. The fourth-order valence-corrected chi connectivity index (χ4v) is 0.303. The number of hydrazone groups is 1. The van der Waals surface area contributed by atoms with Gasteiger partial charge in [-0.25, -0.2) is 0 Å². The van der Waals surface area contributed by atoms with Crippen LogP contribution < -0.4 is 11.2 Å². The summed E-state index contributed by atoms with van der Waals surface area (Å²) >= 11 is 4.50. The van der Waals surface area contributed by atoms with Gasteiger partial charge >= 0.3 is 0 Å². The van der Waals surface area contributed by atoms with Crippen LogP contribution in [0.4, 0.5) is 0 Å². The lowest BCUT2D eigenvalue weighted by Gasteiger charge is -1.94. The molecule has 0 bridgehead atoms. The van der Waals surface area contributed by atoms with Crippen molar-refractivity contribution >= 4 is 23.5 Å². The lowest BCUT2D eigenvalue weighted by Crippen LogP contribution is -2.24. The molecule has 0 saturated heterocycles. The Morgan fingerprint density at radius 1 is 1.78 bits per heavy atom. The summed E-state index contributed by atoms with van der Waals surface area (Å²) in [5, 5.41) is 3.93. The summed E-state index contributed by atoms with van der Waals surface area (Å²) < 4.78 is 0. The van der Waals surface area contributed by atoms with Gasteiger partial charge in [-0.3, -0.25) is 5.43 Å². The number of thiocarbonyl (C=S) groups is 1. The van der Waals surface area contributed by atoms with E-state index in [1.54, 1.807) is 6.21 Å². The van der Waals surface area contributed by atoms with Crippen molar-refractivity contribution < 1.29 is 0 Å². The zero-order chi connectivity index (χ0) is 7.28. The van der Waals surface area contributed by atoms with Gasteiger partial charge in [0.15, 0.2) is 5.11 Å². The first-order valence-electron chi connectivity index (χ1n) is 2.71. The largest absolute Gasteiger partial charge is 0.375 e. The van der Waals surface area contributed by atoms with Crippen LogP contribution in [0, 0.1) is 5.92 Å². The fourth-order valence-electron chi connectivity index (χ4n) is 0.250. The predicted molar refractivity (Wildman–Crippen MR) is 43.3 cm³/mol. The summed E-state index contributed by atoms with van der Waals surface area (Å²) in [5.41, 5.74) is 7.54. The molecule has 0 rings (SSSR count). The van der Waals surface area contributed by atoms with Crippen LogP contribution in [0.1, 0.15) is 13.8 Å². The van der Waals surface area contributed by atoms with Gasteiger partial charge in [-0.15, -0.1) is 0 Å². The van der Waals surface area contributed by atoms with Crippen LogP contribution in [0.15, 0.2) is 5.10 Å². The van der Waals surface area contributed by atoms with Crippen molar-refractivity contribution in [3.8, 4) is 0 Å². The minimum Gasteiger partial charge on any atom is -0.375 e. The molecule has 0 unspecified atom stereocenters. The number of hydrogen-bond donors (Lipinski definition) is 2. The third-order valence-corrected chi connectivity index (χ3v) is 0.639. The molecule has 0 aliphatic rings. The van der Waals surface area contributed by atoms with E-state index in [-0.39, 0.29) is 5.11 Å². The van der Waals surface area contributed by atoms with Gasteiger partial charge in [0.25, 0.3) is 0 Å². The van der Waals surface area contributed by atoms with Crippen LogP contribution in [0.5, 0.6) is 0 Å². The van der Waals surface area contributed by atoms with Crippen LogP contribution in [-0.4, -0.2) is 11.3 Å². The quantitative estimate of drug-likeness (QED) is 0.337. The van der Waals surface area contributed by atoms with E-state index in [4.69, 9.17) is 5.73 Å². The first-order valence-corrected chi connectivity index (χ1v) is 3.12. The highest BCUT2D eigenvalue weighted by molar-refractivity contribution is 7.80. The normalized spacial score (nSPS) is 10.6. The van der Waals surface area contributed by atoms with Crippen molar-refractivity contribution in [3.05, 3.63) is 0 Å². The van der Waals surface area contributed by atoms with E-state index in [2.05, 4.69) is 22.7 Å². The third-order valence-electron chi connectivity index (χ3n) is 0.547. The Hall–Kier alpha value is -0.640. The lowest BCUT2D eigenvalue weighted by molar-refractivity contribution is 0.885. The topological polar surface area (TPSA) is 50.4 Å². The molecule has 0 aliphatic carbocycles. The van der Waals surface area contributed by atoms with Crippen molar-refractivity contribution in [3.63, 3.8) is 0 Å². The molecule has 0 spiro atoms. The van der Waals surface area contributed by atoms with E-state index in [1.807, 2.05) is 13.8 Å². The SMILES string of the molecule is CC(C)C=NNC(N)=S. The lowest BCUT2D eigenvalue weighted by atomic mass is 10.3. The highest BCUT2D eigenvalue weighted by atomic mass is 32.1. The summed E-state index contributed by atoms with van der Waals surface area (Å²) in [6.45, 7) is 4.04. The molecule has 0 aliphatic heterocycles. The molecule has 0 saturated carbocycles. The van der Waals surface area contributed by atoms with Crippen molar-refractivity contribution in [2.24, 2.45) is 16.8 Å². The zero-order valence-corrected chi connectivity index (χ0v) is 6.40. The fraction of sp³-hybridized carbons (Fsp3) is 0.600. The maximum Gasteiger partial charge on any atom is 0.184 e. The van der Waals surface area contributed by atoms with Gasteiger partial charge in [0.2, 0.25) is 0 Å². The van der Waals surface area contributed by atoms with E-state index in [0.717, 1.165) is 0 Å². The number of nitrogens with one attached hydrogen (secondary N) is 1. The Balaban J connectivity index is 3.36. The molecule has 0 radical (unpaired) electrons. The van der Waals surface area contributed by atoms with Crippen LogP contribution in [0.3, 0.4) is 0 Å². The molecule has 0 heterocycles. The number of nitrogens with two attached hydrogens (primary N) is 1. The number of hydrogen-bond acceptors (Lipinski definition) is 2. The number of nitrogens with zero attached hydrogens (tertiary/aromatic N) is 1. The molecule has 0 aromatic carbocycles. The minimum atomic E-state index is 0.201. The molecule has 0 amide bonds. The summed E-state index contributed by atoms with van der Waals surface area (Å²) in [7, 11) is 0. The Morgan fingerprint density at radius 2 is 2.33 bits per heavy atom. The van der Waals surface area contributed by atoms with Gasteiger partial charge in [0, 0.05) is 6.21 Å². The van der Waals surface area contributed by atoms with E-state index in [9.17, 15) is 0 Å². The van der Waals surface area contributed by atoms with E-state index < -0.39 is 0 Å².